The summed E-state index contributed by atoms with van der Waals surface area (Å²) in [5.41, 5.74) is 3.97. The molecule has 0 aliphatic heterocycles. The van der Waals surface area contributed by atoms with Crippen LogP contribution in [-0.2, 0) is 11.3 Å². The minimum absolute atomic E-state index is 0.247. The highest BCUT2D eigenvalue weighted by Gasteiger charge is 2.09. The smallest absolute Gasteiger partial charge is 0.135 e. The molecule has 2 aromatic carbocycles. The van der Waals surface area contributed by atoms with Crippen molar-refractivity contribution >= 4 is 11.0 Å². The average molecular weight is 300 g/mol. The fraction of sp³-hybridized carbons (Fsp3) is 0.263. The zero-order chi connectivity index (χ0) is 16.1. The van der Waals surface area contributed by atoms with Crippen LogP contribution in [-0.4, -0.2) is 7.11 Å². The molecule has 1 heterocycles. The minimum atomic E-state index is -0.247. The largest absolute Gasteiger partial charge is 0.456 e. The maximum atomic E-state index is 13.0. The van der Waals surface area contributed by atoms with Gasteiger partial charge in [-0.25, -0.2) is 4.39 Å². The molecule has 0 saturated heterocycles. The van der Waals surface area contributed by atoms with E-state index in [-0.39, 0.29) is 5.82 Å². The molecule has 3 rings (SSSR count). The summed E-state index contributed by atoms with van der Waals surface area (Å²) < 4.78 is 24.0. The molecule has 0 radical (unpaired) electrons. The van der Waals surface area contributed by atoms with Crippen molar-refractivity contribution < 1.29 is 13.5 Å². The predicted molar refractivity (Wildman–Crippen MR) is 88.4 cm³/mol. The number of aryl methyl sites for hydroxylation is 1. The minimum Gasteiger partial charge on any atom is -0.456 e. The van der Waals surface area contributed by atoms with Gasteiger partial charge in [-0.15, -0.1) is 0 Å². The lowest BCUT2D eigenvalue weighted by Crippen LogP contribution is -1.90. The van der Waals surface area contributed by atoms with Crippen molar-refractivity contribution in [2.75, 3.05) is 7.11 Å². The van der Waals surface area contributed by atoms with E-state index < -0.39 is 0 Å². The van der Waals surface area contributed by atoms with Crippen LogP contribution in [0.5, 0.6) is 0 Å². The summed E-state index contributed by atoms with van der Waals surface area (Å²) in [7, 11) is 1.68. The summed E-state index contributed by atoms with van der Waals surface area (Å²) in [6.45, 7) is 6.62. The molecular formula is C19H21FO2. The van der Waals surface area contributed by atoms with Gasteiger partial charge in [0.25, 0.3) is 0 Å². The Labute approximate surface area is 130 Å². The predicted octanol–water partition coefficient (Wildman–Crippen LogP) is 5.72. The normalized spacial score (nSPS) is 10.4. The lowest BCUT2D eigenvalue weighted by Gasteiger charge is -2.03. The molecule has 3 heteroatoms. The summed E-state index contributed by atoms with van der Waals surface area (Å²) in [6, 6.07) is 12.4. The molecule has 0 fully saturated rings. The molecule has 0 saturated carbocycles. The maximum absolute atomic E-state index is 13.0. The zero-order valence-electron chi connectivity index (χ0n) is 13.4. The second-order valence-corrected chi connectivity index (χ2v) is 4.87. The second kappa shape index (κ2) is 7.23. The zero-order valence-corrected chi connectivity index (χ0v) is 13.4. The molecule has 0 amide bonds. The van der Waals surface area contributed by atoms with Gasteiger partial charge in [-0.3, -0.25) is 0 Å². The standard InChI is InChI=1S/C17H15FO2.C2H6/c1-11-7-13-8-16(12-3-5-15(18)6-4-12)20-17(13)9-14(11)10-19-2;1-2/h3-9H,10H2,1-2H3;1-2H3. The van der Waals surface area contributed by atoms with Gasteiger partial charge >= 0.3 is 0 Å². The summed E-state index contributed by atoms with van der Waals surface area (Å²) in [5, 5.41) is 1.04. The Morgan fingerprint density at radius 2 is 1.73 bits per heavy atom. The van der Waals surface area contributed by atoms with Gasteiger partial charge in [0.2, 0.25) is 0 Å². The van der Waals surface area contributed by atoms with E-state index in [1.165, 1.54) is 17.7 Å². The van der Waals surface area contributed by atoms with Gasteiger partial charge in [0.15, 0.2) is 0 Å². The Morgan fingerprint density at radius 3 is 2.36 bits per heavy atom. The van der Waals surface area contributed by atoms with E-state index in [9.17, 15) is 4.39 Å². The van der Waals surface area contributed by atoms with E-state index in [2.05, 4.69) is 13.0 Å². The van der Waals surface area contributed by atoms with Crippen LogP contribution in [0.2, 0.25) is 0 Å². The molecule has 116 valence electrons. The lowest BCUT2D eigenvalue weighted by molar-refractivity contribution is 0.184. The fourth-order valence-corrected chi connectivity index (χ4v) is 2.31. The number of hydrogen-bond donors (Lipinski definition) is 0. The number of furan rings is 1. The van der Waals surface area contributed by atoms with Crippen LogP contribution in [0.15, 0.2) is 46.9 Å². The Morgan fingerprint density at radius 1 is 1.05 bits per heavy atom. The van der Waals surface area contributed by atoms with E-state index in [1.54, 1.807) is 19.2 Å². The van der Waals surface area contributed by atoms with Crippen LogP contribution in [0.25, 0.3) is 22.3 Å². The highest BCUT2D eigenvalue weighted by molar-refractivity contribution is 5.84. The molecule has 3 aromatic rings. The summed E-state index contributed by atoms with van der Waals surface area (Å²) >= 11 is 0. The van der Waals surface area contributed by atoms with Crippen molar-refractivity contribution in [3.63, 3.8) is 0 Å². The molecule has 0 aliphatic rings. The topological polar surface area (TPSA) is 22.4 Å². The molecular weight excluding hydrogens is 279 g/mol. The second-order valence-electron chi connectivity index (χ2n) is 4.87. The van der Waals surface area contributed by atoms with Crippen LogP contribution in [0.4, 0.5) is 4.39 Å². The van der Waals surface area contributed by atoms with Crippen LogP contribution in [0.1, 0.15) is 25.0 Å². The molecule has 2 nitrogen and oxygen atoms in total. The number of fused-ring (bicyclic) bond motifs is 1. The molecule has 0 unspecified atom stereocenters. The van der Waals surface area contributed by atoms with E-state index in [0.717, 1.165) is 27.9 Å². The molecule has 0 spiro atoms. The average Bonchev–Trinajstić information content (AvgIpc) is 2.93. The first-order chi connectivity index (χ1) is 10.7. The third kappa shape index (κ3) is 3.37. The Bertz CT molecular complexity index is 742. The summed E-state index contributed by atoms with van der Waals surface area (Å²) in [4.78, 5) is 0. The summed E-state index contributed by atoms with van der Waals surface area (Å²) in [6.07, 6.45) is 0. The van der Waals surface area contributed by atoms with Crippen molar-refractivity contribution in [3.8, 4) is 11.3 Å². The highest BCUT2D eigenvalue weighted by Crippen LogP contribution is 2.30. The third-order valence-electron chi connectivity index (χ3n) is 3.40. The fourth-order valence-electron chi connectivity index (χ4n) is 2.31. The Kier molecular flexibility index (Phi) is 5.34. The van der Waals surface area contributed by atoms with Gasteiger partial charge in [-0.05, 0) is 60.5 Å². The number of halogens is 1. The van der Waals surface area contributed by atoms with Crippen molar-refractivity contribution in [2.24, 2.45) is 0 Å². The first-order valence-corrected chi connectivity index (χ1v) is 7.45. The van der Waals surface area contributed by atoms with Crippen molar-refractivity contribution in [2.45, 2.75) is 27.4 Å². The first kappa shape index (κ1) is 16.2. The van der Waals surface area contributed by atoms with Crippen molar-refractivity contribution in [1.29, 1.82) is 0 Å². The van der Waals surface area contributed by atoms with Crippen LogP contribution >= 0.6 is 0 Å². The van der Waals surface area contributed by atoms with Gasteiger partial charge in [0, 0.05) is 18.1 Å². The third-order valence-corrected chi connectivity index (χ3v) is 3.40. The number of benzene rings is 2. The van der Waals surface area contributed by atoms with Gasteiger partial charge in [-0.1, -0.05) is 13.8 Å². The van der Waals surface area contributed by atoms with Crippen LogP contribution in [0.3, 0.4) is 0 Å². The Hall–Kier alpha value is -2.13. The molecule has 0 bridgehead atoms. The molecule has 22 heavy (non-hydrogen) atoms. The van der Waals surface area contributed by atoms with E-state index in [1.807, 2.05) is 26.0 Å². The van der Waals surface area contributed by atoms with E-state index in [0.29, 0.717) is 6.61 Å². The maximum Gasteiger partial charge on any atom is 0.135 e. The van der Waals surface area contributed by atoms with Crippen LogP contribution in [0, 0.1) is 12.7 Å². The van der Waals surface area contributed by atoms with Gasteiger partial charge in [0.1, 0.15) is 17.2 Å². The molecule has 0 aliphatic carbocycles. The van der Waals surface area contributed by atoms with Crippen LogP contribution < -0.4 is 0 Å². The SMILES string of the molecule is CC.COCc1cc2oc(-c3ccc(F)cc3)cc2cc1C. The molecule has 1 aromatic heterocycles. The number of rotatable bonds is 3. The Balaban J connectivity index is 0.000000847. The van der Waals surface area contributed by atoms with Gasteiger partial charge in [-0.2, -0.15) is 0 Å². The lowest BCUT2D eigenvalue weighted by atomic mass is 10.1. The number of ether oxygens (including phenoxy) is 1. The van der Waals surface area contributed by atoms with E-state index >= 15 is 0 Å². The molecule has 0 atom stereocenters. The van der Waals surface area contributed by atoms with Gasteiger partial charge in [0.05, 0.1) is 6.61 Å². The van der Waals surface area contributed by atoms with E-state index in [4.69, 9.17) is 9.15 Å². The number of hydrogen-bond acceptors (Lipinski definition) is 2. The van der Waals surface area contributed by atoms with Crippen molar-refractivity contribution in [3.05, 3.63) is 59.4 Å². The quantitative estimate of drug-likeness (QED) is 0.617. The highest BCUT2D eigenvalue weighted by atomic mass is 19.1. The molecule has 0 N–H and O–H groups in total. The van der Waals surface area contributed by atoms with Gasteiger partial charge < -0.3 is 9.15 Å². The monoisotopic (exact) mass is 300 g/mol. The van der Waals surface area contributed by atoms with Crippen molar-refractivity contribution in [1.82, 2.24) is 0 Å². The number of methoxy groups -OCH3 is 1. The summed E-state index contributed by atoms with van der Waals surface area (Å²) in [5.74, 6) is 0.497. The first-order valence-electron chi connectivity index (χ1n) is 7.45.